The molecule has 1 aromatic carbocycles. The fourth-order valence-corrected chi connectivity index (χ4v) is 3.11. The number of benzene rings is 1. The highest BCUT2D eigenvalue weighted by molar-refractivity contribution is 5.82. The molecule has 0 saturated carbocycles. The van der Waals surface area contributed by atoms with Gasteiger partial charge in [-0.05, 0) is 37.8 Å². The lowest BCUT2D eigenvalue weighted by atomic mass is 10.0. The molecule has 1 aliphatic rings. The molecular formula is C18H29N3O2. The van der Waals surface area contributed by atoms with E-state index in [0.717, 1.165) is 37.0 Å². The van der Waals surface area contributed by atoms with Gasteiger partial charge in [0.25, 0.3) is 0 Å². The highest BCUT2D eigenvalue weighted by Gasteiger charge is 2.32. The summed E-state index contributed by atoms with van der Waals surface area (Å²) in [7, 11) is 3.57. The van der Waals surface area contributed by atoms with E-state index in [4.69, 9.17) is 4.74 Å². The number of nitrogens with zero attached hydrogens (tertiary/aromatic N) is 1. The second-order valence-electron chi connectivity index (χ2n) is 6.38. The van der Waals surface area contributed by atoms with Crippen LogP contribution in [-0.2, 0) is 11.2 Å². The lowest BCUT2D eigenvalue weighted by Gasteiger charge is -2.28. The van der Waals surface area contributed by atoms with E-state index in [9.17, 15) is 4.79 Å². The normalized spacial score (nSPS) is 21.9. The first kappa shape index (κ1) is 17.8. The average Bonchev–Trinajstić information content (AvgIpc) is 3.03. The highest BCUT2D eigenvalue weighted by atomic mass is 16.5. The molecule has 5 heteroatoms. The van der Waals surface area contributed by atoms with Gasteiger partial charge in [-0.3, -0.25) is 10.2 Å². The molecule has 0 radical (unpaired) electrons. The van der Waals surface area contributed by atoms with E-state index in [0.29, 0.717) is 6.04 Å². The zero-order valence-electron chi connectivity index (χ0n) is 14.6. The summed E-state index contributed by atoms with van der Waals surface area (Å²) in [6.45, 7) is 4.24. The monoisotopic (exact) mass is 319 g/mol. The van der Waals surface area contributed by atoms with Gasteiger partial charge in [-0.15, -0.1) is 0 Å². The Labute approximate surface area is 139 Å². The van der Waals surface area contributed by atoms with Crippen LogP contribution in [0.5, 0.6) is 5.75 Å². The van der Waals surface area contributed by atoms with Gasteiger partial charge in [-0.2, -0.15) is 0 Å². The second kappa shape index (κ2) is 8.31. The molecule has 2 N–H and O–H groups in total. The van der Waals surface area contributed by atoms with Gasteiger partial charge in [0.05, 0.1) is 7.11 Å². The van der Waals surface area contributed by atoms with E-state index in [1.807, 2.05) is 30.1 Å². The molecule has 23 heavy (non-hydrogen) atoms. The van der Waals surface area contributed by atoms with Crippen molar-refractivity contribution in [1.29, 1.82) is 0 Å². The number of carbonyl (C=O) groups is 1. The Bertz CT molecular complexity index is 521. The van der Waals surface area contributed by atoms with Gasteiger partial charge in [0, 0.05) is 19.1 Å². The molecule has 2 rings (SSSR count). The number of likely N-dealkylation sites (N-methyl/N-ethyl adjacent to an activating group) is 1. The number of hydrazine groups is 1. The van der Waals surface area contributed by atoms with Crippen molar-refractivity contribution in [3.8, 4) is 5.75 Å². The number of nitrogens with one attached hydrogen (secondary N) is 2. The third-order valence-electron chi connectivity index (χ3n) is 4.63. The molecule has 0 aromatic heterocycles. The van der Waals surface area contributed by atoms with Crippen LogP contribution in [0.25, 0.3) is 0 Å². The van der Waals surface area contributed by atoms with Gasteiger partial charge >= 0.3 is 0 Å². The molecule has 1 fully saturated rings. The van der Waals surface area contributed by atoms with Crippen molar-refractivity contribution < 1.29 is 9.53 Å². The van der Waals surface area contributed by atoms with Crippen LogP contribution in [0.2, 0.25) is 0 Å². The Morgan fingerprint density at radius 3 is 2.83 bits per heavy atom. The first-order valence-electron chi connectivity index (χ1n) is 8.46. The average molecular weight is 319 g/mol. The topological polar surface area (TPSA) is 53.6 Å². The zero-order valence-corrected chi connectivity index (χ0v) is 14.6. The van der Waals surface area contributed by atoms with E-state index < -0.39 is 0 Å². The van der Waals surface area contributed by atoms with Crippen molar-refractivity contribution >= 4 is 5.91 Å². The fourth-order valence-electron chi connectivity index (χ4n) is 3.11. The molecule has 0 aliphatic carbocycles. The molecule has 0 bridgehead atoms. The Hall–Kier alpha value is -1.59. The zero-order chi connectivity index (χ0) is 16.8. The first-order chi connectivity index (χ1) is 11.1. The van der Waals surface area contributed by atoms with Gasteiger partial charge in [0.15, 0.2) is 0 Å². The van der Waals surface area contributed by atoms with Crippen LogP contribution in [0.15, 0.2) is 24.3 Å². The molecule has 1 aromatic rings. The van der Waals surface area contributed by atoms with Crippen LogP contribution in [0, 0.1) is 0 Å². The summed E-state index contributed by atoms with van der Waals surface area (Å²) in [6, 6.07) is 8.37. The Morgan fingerprint density at radius 1 is 1.39 bits per heavy atom. The predicted molar refractivity (Wildman–Crippen MR) is 92.3 cm³/mol. The summed E-state index contributed by atoms with van der Waals surface area (Å²) in [6.07, 6.45) is 3.86. The Kier molecular flexibility index (Phi) is 6.42. The number of hydrogen-bond donors (Lipinski definition) is 2. The minimum atomic E-state index is -0.128. The van der Waals surface area contributed by atoms with Crippen LogP contribution >= 0.6 is 0 Å². The maximum atomic E-state index is 12.7. The minimum Gasteiger partial charge on any atom is -0.496 e. The van der Waals surface area contributed by atoms with Crippen molar-refractivity contribution in [3.05, 3.63) is 29.8 Å². The van der Waals surface area contributed by atoms with Crippen LogP contribution in [0.4, 0.5) is 0 Å². The van der Waals surface area contributed by atoms with Crippen molar-refractivity contribution in [2.75, 3.05) is 14.2 Å². The molecular weight excluding hydrogens is 290 g/mol. The van der Waals surface area contributed by atoms with Crippen LogP contribution in [0.1, 0.15) is 38.7 Å². The molecule has 1 amide bonds. The number of para-hydroxylation sites is 1. The number of methoxy groups -OCH3 is 1. The summed E-state index contributed by atoms with van der Waals surface area (Å²) >= 11 is 0. The van der Waals surface area contributed by atoms with Gasteiger partial charge in [-0.1, -0.05) is 31.5 Å². The summed E-state index contributed by atoms with van der Waals surface area (Å²) in [4.78, 5) is 14.5. The fraction of sp³-hybridized carbons (Fsp3) is 0.611. The molecule has 3 atom stereocenters. The SMILES string of the molecule is CCCC1CC(C(=O)N(C)C(C)Cc2ccccc2OC)NN1. The summed E-state index contributed by atoms with van der Waals surface area (Å²) < 4.78 is 5.40. The lowest BCUT2D eigenvalue weighted by Crippen LogP contribution is -2.47. The van der Waals surface area contributed by atoms with E-state index in [1.54, 1.807) is 7.11 Å². The van der Waals surface area contributed by atoms with Crippen molar-refractivity contribution in [2.45, 2.75) is 57.7 Å². The van der Waals surface area contributed by atoms with Gasteiger partial charge in [0.1, 0.15) is 11.8 Å². The standard InChI is InChI=1S/C18H29N3O2/c1-5-8-15-12-16(20-19-15)18(22)21(3)13(2)11-14-9-6-7-10-17(14)23-4/h6-7,9-10,13,15-16,19-20H,5,8,11-12H2,1-4H3. The van der Waals surface area contributed by atoms with Gasteiger partial charge in [0.2, 0.25) is 5.91 Å². The molecule has 1 aliphatic heterocycles. The summed E-state index contributed by atoms with van der Waals surface area (Å²) in [5, 5.41) is 0. The third-order valence-corrected chi connectivity index (χ3v) is 4.63. The third kappa shape index (κ3) is 4.45. The van der Waals surface area contributed by atoms with Gasteiger partial charge < -0.3 is 9.64 Å². The number of carbonyl (C=O) groups excluding carboxylic acids is 1. The number of ether oxygens (including phenoxy) is 1. The molecule has 1 saturated heterocycles. The van der Waals surface area contributed by atoms with E-state index in [1.165, 1.54) is 0 Å². The minimum absolute atomic E-state index is 0.117. The van der Waals surface area contributed by atoms with E-state index >= 15 is 0 Å². The largest absolute Gasteiger partial charge is 0.496 e. The lowest BCUT2D eigenvalue weighted by molar-refractivity contribution is -0.133. The summed E-state index contributed by atoms with van der Waals surface area (Å²) in [5.74, 6) is 1.03. The van der Waals surface area contributed by atoms with Crippen LogP contribution in [0.3, 0.4) is 0 Å². The molecule has 0 spiro atoms. The van der Waals surface area contributed by atoms with E-state index in [2.05, 4.69) is 30.8 Å². The molecule has 3 unspecified atom stereocenters. The first-order valence-corrected chi connectivity index (χ1v) is 8.46. The van der Waals surface area contributed by atoms with Crippen molar-refractivity contribution in [2.24, 2.45) is 0 Å². The number of amides is 1. The van der Waals surface area contributed by atoms with Crippen molar-refractivity contribution in [3.63, 3.8) is 0 Å². The maximum Gasteiger partial charge on any atom is 0.241 e. The summed E-state index contributed by atoms with van der Waals surface area (Å²) in [5.41, 5.74) is 7.51. The Morgan fingerprint density at radius 2 is 2.13 bits per heavy atom. The number of rotatable bonds is 7. The van der Waals surface area contributed by atoms with Crippen LogP contribution in [-0.4, -0.2) is 43.1 Å². The van der Waals surface area contributed by atoms with Crippen molar-refractivity contribution in [1.82, 2.24) is 15.8 Å². The van der Waals surface area contributed by atoms with Gasteiger partial charge in [-0.25, -0.2) is 5.43 Å². The smallest absolute Gasteiger partial charge is 0.241 e. The van der Waals surface area contributed by atoms with E-state index in [-0.39, 0.29) is 18.0 Å². The quantitative estimate of drug-likeness (QED) is 0.808. The highest BCUT2D eigenvalue weighted by Crippen LogP contribution is 2.21. The molecule has 5 nitrogen and oxygen atoms in total. The van der Waals surface area contributed by atoms with Crippen LogP contribution < -0.4 is 15.6 Å². The number of hydrogen-bond acceptors (Lipinski definition) is 4. The second-order valence-corrected chi connectivity index (χ2v) is 6.38. The molecule has 1 heterocycles. The molecule has 128 valence electrons. The maximum absolute atomic E-state index is 12.7. The predicted octanol–water partition coefficient (Wildman–Crippen LogP) is 2.12. The Balaban J connectivity index is 1.94.